The van der Waals surface area contributed by atoms with Gasteiger partial charge in [-0.3, -0.25) is 0 Å². The molecule has 0 amide bonds. The Kier molecular flexibility index (Phi) is 15.2. The molecule has 0 N–H and O–H groups in total. The first-order valence-corrected chi connectivity index (χ1v) is 20.2. The Hall–Kier alpha value is -6.60. The summed E-state index contributed by atoms with van der Waals surface area (Å²) in [6, 6.07) is 70.7. The molecule has 0 nitrogen and oxygen atoms in total. The normalized spacial score (nSPS) is 11.6. The van der Waals surface area contributed by atoms with Gasteiger partial charge in [0.25, 0.3) is 0 Å². The third-order valence-electron chi connectivity index (χ3n) is 10.1. The van der Waals surface area contributed by atoms with E-state index in [9.17, 15) is 0 Å². The standard InChI is InChI=1S/C53H42.2C2H6/c1-38(35-40(3)51(44-25-14-7-15-26-44)36-39(2)42-21-10-5-11-22-42)41(4)47-33-34-49(52(37-47)45-27-16-8-17-28-45)50-32-20-31-48(43-23-12-6-13-24-43)53(50)46-29-18-9-19-30-46;2*1-2/h5-6,8-10,12-14,16-21,23-34,36-37H,35H2,1-4H3;2*1-2H3/b39-36+,41-38+,51-40+;;. The van der Waals surface area contributed by atoms with E-state index < -0.39 is 0 Å². The zero-order chi connectivity index (χ0) is 40.6. The van der Waals surface area contributed by atoms with Gasteiger partial charge in [-0.1, -0.05) is 197 Å². The van der Waals surface area contributed by atoms with Crippen molar-refractivity contribution in [1.82, 2.24) is 0 Å². The van der Waals surface area contributed by atoms with E-state index in [1.54, 1.807) is 0 Å². The van der Waals surface area contributed by atoms with Gasteiger partial charge in [0.15, 0.2) is 0 Å². The molecule has 0 saturated heterocycles. The van der Waals surface area contributed by atoms with Crippen LogP contribution in [0.15, 0.2) is 181 Å². The summed E-state index contributed by atoms with van der Waals surface area (Å²) in [5.74, 6) is 0. The topological polar surface area (TPSA) is 0 Å². The summed E-state index contributed by atoms with van der Waals surface area (Å²) >= 11 is 0. The smallest absolute Gasteiger partial charge is 0.0278 e. The highest BCUT2D eigenvalue weighted by atomic mass is 14.2. The van der Waals surface area contributed by atoms with E-state index in [-0.39, 0.29) is 0 Å². The summed E-state index contributed by atoms with van der Waals surface area (Å²) in [4.78, 5) is 0. The Morgan fingerprint density at radius 3 is 1.68 bits per heavy atom. The lowest BCUT2D eigenvalue weighted by Gasteiger charge is -2.20. The Balaban J connectivity index is 0.00000150. The van der Waals surface area contributed by atoms with Crippen molar-refractivity contribution in [3.63, 3.8) is 0 Å². The third-order valence-corrected chi connectivity index (χ3v) is 10.1. The lowest BCUT2D eigenvalue weighted by atomic mass is 9.83. The minimum Gasteiger partial charge on any atom is -0.0702 e. The zero-order valence-electron chi connectivity index (χ0n) is 34.9. The lowest BCUT2D eigenvalue weighted by Crippen LogP contribution is -1.95. The highest BCUT2D eigenvalue weighted by molar-refractivity contribution is 5.99. The fourth-order valence-electron chi connectivity index (χ4n) is 7.14. The molecular weight excluding hydrogens is 685 g/mol. The van der Waals surface area contributed by atoms with E-state index >= 15 is 0 Å². The van der Waals surface area contributed by atoms with Gasteiger partial charge in [-0.15, -0.1) is 0 Å². The minimum atomic E-state index is 0.841. The van der Waals surface area contributed by atoms with Crippen molar-refractivity contribution in [3.05, 3.63) is 222 Å². The summed E-state index contributed by atoms with van der Waals surface area (Å²) in [6.07, 6.45) is 3.12. The summed E-state index contributed by atoms with van der Waals surface area (Å²) in [7, 11) is 0. The average Bonchev–Trinajstić information content (AvgIpc) is 3.30. The lowest BCUT2D eigenvalue weighted by molar-refractivity contribution is 1.11. The molecule has 0 aliphatic heterocycles. The van der Waals surface area contributed by atoms with Crippen molar-refractivity contribution in [3.8, 4) is 44.5 Å². The van der Waals surface area contributed by atoms with Gasteiger partial charge in [0.05, 0.1) is 0 Å². The van der Waals surface area contributed by atoms with E-state index in [1.165, 1.54) is 72.4 Å². The molecule has 7 aromatic carbocycles. The second-order valence-electron chi connectivity index (χ2n) is 13.6. The molecule has 0 atom stereocenters. The zero-order valence-corrected chi connectivity index (χ0v) is 34.9. The fraction of sp³-hybridized carbons (Fsp3) is 0.158. The second-order valence-corrected chi connectivity index (χ2v) is 13.6. The summed E-state index contributed by atoms with van der Waals surface area (Å²) < 4.78 is 0. The largest absolute Gasteiger partial charge is 0.0702 e. The molecule has 0 fully saturated rings. The van der Waals surface area contributed by atoms with Gasteiger partial charge < -0.3 is 0 Å². The van der Waals surface area contributed by atoms with Crippen molar-refractivity contribution in [2.24, 2.45) is 0 Å². The molecule has 0 aliphatic rings. The van der Waals surface area contributed by atoms with Crippen molar-refractivity contribution < 1.29 is 0 Å². The molecule has 0 saturated carbocycles. The Morgan fingerprint density at radius 1 is 0.474 bits per heavy atom. The molecule has 57 heavy (non-hydrogen) atoms. The first kappa shape index (κ1) is 41.6. The van der Waals surface area contributed by atoms with Crippen LogP contribution in [0, 0.1) is 24.3 Å². The predicted molar refractivity (Wildman–Crippen MR) is 248 cm³/mol. The van der Waals surface area contributed by atoms with Gasteiger partial charge in [0, 0.05) is 5.56 Å². The SMILES string of the molecule is C/C(=C\C(=C(\C)C/C(C)=C(\C)c1ccc(-c2cccc(-c3ccccc3)c2-c2ccccc2)c(-c2ccccc2)c1)c1cc#ccc1)c1c#cccc1.CC.CC. The van der Waals surface area contributed by atoms with E-state index in [0.29, 0.717) is 0 Å². The maximum atomic E-state index is 3.26. The number of hydrogen-bond acceptors (Lipinski definition) is 0. The molecule has 0 bridgehead atoms. The number of hydrogen-bond donors (Lipinski definition) is 0. The van der Waals surface area contributed by atoms with Crippen LogP contribution in [-0.4, -0.2) is 0 Å². The predicted octanol–water partition coefficient (Wildman–Crippen LogP) is 16.4. The van der Waals surface area contributed by atoms with Gasteiger partial charge in [0.1, 0.15) is 0 Å². The van der Waals surface area contributed by atoms with Crippen LogP contribution in [0.25, 0.3) is 61.2 Å². The quantitative estimate of drug-likeness (QED) is 0.123. The van der Waals surface area contributed by atoms with Gasteiger partial charge in [-0.2, -0.15) is 0 Å². The van der Waals surface area contributed by atoms with Crippen LogP contribution in [0.1, 0.15) is 78.5 Å². The number of rotatable bonds is 10. The molecule has 0 spiro atoms. The maximum absolute atomic E-state index is 3.26. The van der Waals surface area contributed by atoms with Crippen LogP contribution in [0.2, 0.25) is 0 Å². The molecular formula is C57H54. The summed E-state index contributed by atoms with van der Waals surface area (Å²) in [5, 5.41) is 0. The third kappa shape index (κ3) is 10.2. The van der Waals surface area contributed by atoms with E-state index in [4.69, 9.17) is 0 Å². The molecule has 7 rings (SSSR count). The average molecular weight is 739 g/mol. The highest BCUT2D eigenvalue weighted by Gasteiger charge is 2.18. The molecule has 0 heterocycles. The highest BCUT2D eigenvalue weighted by Crippen LogP contribution is 2.44. The van der Waals surface area contributed by atoms with Crippen LogP contribution in [0.5, 0.6) is 0 Å². The number of benzene rings is 5. The molecule has 0 aliphatic carbocycles. The molecule has 0 heteroatoms. The van der Waals surface area contributed by atoms with Crippen LogP contribution >= 0.6 is 0 Å². The van der Waals surface area contributed by atoms with Crippen LogP contribution < -0.4 is 0 Å². The summed E-state index contributed by atoms with van der Waals surface area (Å²) in [6.45, 7) is 16.9. The Bertz CT molecular complexity index is 2390. The fourth-order valence-corrected chi connectivity index (χ4v) is 7.14. The van der Waals surface area contributed by atoms with Crippen molar-refractivity contribution in [2.45, 2.75) is 61.8 Å². The van der Waals surface area contributed by atoms with Crippen LogP contribution in [0.4, 0.5) is 0 Å². The van der Waals surface area contributed by atoms with Gasteiger partial charge in [-0.05, 0) is 143 Å². The Labute approximate surface area is 343 Å². The number of allylic oxidation sites excluding steroid dienone is 6. The monoisotopic (exact) mass is 738 g/mol. The molecule has 0 radical (unpaired) electrons. The second kappa shape index (κ2) is 20.9. The molecule has 7 aromatic rings. The van der Waals surface area contributed by atoms with Crippen molar-refractivity contribution in [1.29, 1.82) is 0 Å². The van der Waals surface area contributed by atoms with E-state index in [1.807, 2.05) is 52.0 Å². The maximum Gasteiger partial charge on any atom is 0.0278 e. The van der Waals surface area contributed by atoms with E-state index in [2.05, 4.69) is 198 Å². The van der Waals surface area contributed by atoms with Gasteiger partial charge >= 0.3 is 0 Å². The van der Waals surface area contributed by atoms with Crippen LogP contribution in [0.3, 0.4) is 0 Å². The first-order chi connectivity index (χ1) is 28.0. The van der Waals surface area contributed by atoms with Crippen molar-refractivity contribution >= 4 is 16.7 Å². The Morgan fingerprint density at radius 2 is 1.09 bits per heavy atom. The summed E-state index contributed by atoms with van der Waals surface area (Å²) in [5.41, 5.74) is 19.4. The first-order valence-electron chi connectivity index (χ1n) is 20.2. The van der Waals surface area contributed by atoms with Gasteiger partial charge in [-0.25, -0.2) is 0 Å². The van der Waals surface area contributed by atoms with E-state index in [0.717, 1.165) is 23.1 Å². The minimum absolute atomic E-state index is 0.841. The van der Waals surface area contributed by atoms with Gasteiger partial charge in [0.2, 0.25) is 0 Å². The molecule has 282 valence electrons. The van der Waals surface area contributed by atoms with Crippen LogP contribution in [-0.2, 0) is 0 Å². The molecule has 0 aromatic heterocycles. The molecule has 0 unspecified atom stereocenters. The van der Waals surface area contributed by atoms with Crippen molar-refractivity contribution in [2.75, 3.05) is 0 Å².